The molecule has 0 fully saturated rings. The zero-order chi connectivity index (χ0) is 23.9. The minimum absolute atomic E-state index is 0.146. The number of amides is 1. The largest absolute Gasteiger partial charge is 0.490 e. The molecule has 2 aromatic heterocycles. The second-order valence-corrected chi connectivity index (χ2v) is 7.18. The van der Waals surface area contributed by atoms with E-state index in [4.69, 9.17) is 21.1 Å². The first-order valence-electron chi connectivity index (χ1n) is 10.2. The molecule has 0 saturated heterocycles. The molecule has 1 N–H and O–H groups in total. The second-order valence-electron chi connectivity index (χ2n) is 6.84. The third-order valence-corrected chi connectivity index (χ3v) is 4.75. The van der Waals surface area contributed by atoms with Gasteiger partial charge in [0.25, 0.3) is 11.8 Å². The van der Waals surface area contributed by atoms with Gasteiger partial charge in [-0.3, -0.25) is 4.79 Å². The fourth-order valence-electron chi connectivity index (χ4n) is 3.08. The number of nitrogens with one attached hydrogen (secondary N) is 1. The van der Waals surface area contributed by atoms with Gasteiger partial charge in [0.15, 0.2) is 11.5 Å². The van der Waals surface area contributed by atoms with Crippen LogP contribution in [0.25, 0.3) is 5.69 Å². The van der Waals surface area contributed by atoms with Crippen molar-refractivity contribution in [1.82, 2.24) is 20.0 Å². The Balaban J connectivity index is 1.50. The summed E-state index contributed by atoms with van der Waals surface area (Å²) in [7, 11) is 0. The van der Waals surface area contributed by atoms with Gasteiger partial charge in [-0.2, -0.15) is 14.5 Å². The maximum absolute atomic E-state index is 13.9. The molecule has 1 amide bonds. The van der Waals surface area contributed by atoms with Crippen LogP contribution in [0.1, 0.15) is 22.8 Å². The first kappa shape index (κ1) is 22.9. The molecular formula is C24H19ClFN5O3. The topological polar surface area (TPSA) is 90.6 Å². The van der Waals surface area contributed by atoms with Crippen LogP contribution >= 0.6 is 11.6 Å². The molecule has 8 nitrogen and oxygen atoms in total. The van der Waals surface area contributed by atoms with Crippen molar-refractivity contribution in [2.24, 2.45) is 5.10 Å². The smallest absolute Gasteiger partial charge is 0.273 e. The van der Waals surface area contributed by atoms with Crippen LogP contribution in [-0.2, 0) is 0 Å². The highest BCUT2D eigenvalue weighted by atomic mass is 35.5. The van der Waals surface area contributed by atoms with Crippen molar-refractivity contribution in [3.05, 3.63) is 95.4 Å². The Morgan fingerprint density at radius 2 is 1.97 bits per heavy atom. The highest BCUT2D eigenvalue weighted by Crippen LogP contribution is 2.32. The van der Waals surface area contributed by atoms with Gasteiger partial charge in [-0.15, -0.1) is 0 Å². The Labute approximate surface area is 199 Å². The highest BCUT2D eigenvalue weighted by molar-refractivity contribution is 6.28. The fourth-order valence-corrected chi connectivity index (χ4v) is 3.20. The lowest BCUT2D eigenvalue weighted by molar-refractivity contribution is 0.0955. The summed E-state index contributed by atoms with van der Waals surface area (Å²) < 4.78 is 26.9. The molecule has 2 aromatic carbocycles. The maximum atomic E-state index is 13.9. The van der Waals surface area contributed by atoms with Crippen LogP contribution in [-0.4, -0.2) is 33.3 Å². The van der Waals surface area contributed by atoms with E-state index in [1.807, 2.05) is 41.2 Å². The summed E-state index contributed by atoms with van der Waals surface area (Å²) in [5.74, 6) is -0.875. The SMILES string of the molecule is CCOc1cc(/C=N/NC(=O)c2ccccc2-n2cccc2)ccc1Oc1nc(Cl)ncc1F. The van der Waals surface area contributed by atoms with Crippen molar-refractivity contribution in [1.29, 1.82) is 0 Å². The first-order chi connectivity index (χ1) is 16.5. The van der Waals surface area contributed by atoms with E-state index in [0.29, 0.717) is 23.5 Å². The van der Waals surface area contributed by atoms with E-state index >= 15 is 0 Å². The lowest BCUT2D eigenvalue weighted by atomic mass is 10.1. The van der Waals surface area contributed by atoms with Gasteiger partial charge in [0.05, 0.1) is 30.3 Å². The van der Waals surface area contributed by atoms with E-state index in [9.17, 15) is 9.18 Å². The Bertz CT molecular complexity index is 1330. The summed E-state index contributed by atoms with van der Waals surface area (Å²) in [5, 5.41) is 3.91. The molecule has 10 heteroatoms. The number of carbonyl (C=O) groups is 1. The molecule has 2 heterocycles. The summed E-state index contributed by atoms with van der Waals surface area (Å²) >= 11 is 5.72. The van der Waals surface area contributed by atoms with Gasteiger partial charge in [0, 0.05) is 12.4 Å². The Morgan fingerprint density at radius 3 is 2.76 bits per heavy atom. The number of hydrogen-bond donors (Lipinski definition) is 1. The molecule has 0 aliphatic carbocycles. The molecule has 0 aliphatic heterocycles. The van der Waals surface area contributed by atoms with Crippen molar-refractivity contribution in [3.8, 4) is 23.1 Å². The normalized spacial score (nSPS) is 10.9. The van der Waals surface area contributed by atoms with Crippen LogP contribution < -0.4 is 14.9 Å². The number of ether oxygens (including phenoxy) is 2. The average Bonchev–Trinajstić information content (AvgIpc) is 3.38. The minimum Gasteiger partial charge on any atom is -0.490 e. The Hall–Kier alpha value is -4.24. The van der Waals surface area contributed by atoms with E-state index in [0.717, 1.165) is 11.9 Å². The number of rotatable bonds is 8. The molecular weight excluding hydrogens is 461 g/mol. The Kier molecular flexibility index (Phi) is 7.14. The lowest BCUT2D eigenvalue weighted by Gasteiger charge is -2.12. The quantitative estimate of drug-likeness (QED) is 0.218. The van der Waals surface area contributed by atoms with E-state index in [-0.39, 0.29) is 22.8 Å². The van der Waals surface area contributed by atoms with Crippen molar-refractivity contribution in [2.75, 3.05) is 6.61 Å². The third kappa shape index (κ3) is 5.38. The van der Waals surface area contributed by atoms with Gasteiger partial charge < -0.3 is 14.0 Å². The van der Waals surface area contributed by atoms with E-state index in [2.05, 4.69) is 20.5 Å². The van der Waals surface area contributed by atoms with Gasteiger partial charge in [-0.25, -0.2) is 10.4 Å². The molecule has 4 aromatic rings. The molecule has 34 heavy (non-hydrogen) atoms. The number of aromatic nitrogens is 3. The number of benzene rings is 2. The fraction of sp³-hybridized carbons (Fsp3) is 0.0833. The molecule has 4 rings (SSSR count). The summed E-state index contributed by atoms with van der Waals surface area (Å²) in [5.41, 5.74) is 4.36. The standard InChI is InChI=1S/C24H19ClFN5O3/c1-2-33-21-13-16(9-10-20(21)34-23-18(26)15-27-24(25)29-23)14-28-30-22(32)17-7-3-4-8-19(17)31-11-5-6-12-31/h3-15H,2H2,1H3,(H,30,32)/b28-14+. The van der Waals surface area contributed by atoms with Crippen LogP contribution in [0.5, 0.6) is 17.4 Å². The number of halogens is 2. The van der Waals surface area contributed by atoms with E-state index in [1.54, 1.807) is 37.3 Å². The van der Waals surface area contributed by atoms with Gasteiger partial charge in [0.1, 0.15) is 0 Å². The molecule has 172 valence electrons. The zero-order valence-electron chi connectivity index (χ0n) is 18.0. The summed E-state index contributed by atoms with van der Waals surface area (Å²) in [6.07, 6.45) is 6.10. The maximum Gasteiger partial charge on any atom is 0.273 e. The molecule has 0 spiro atoms. The second kappa shape index (κ2) is 10.6. The number of carbonyl (C=O) groups excluding carboxylic acids is 1. The van der Waals surface area contributed by atoms with Crippen molar-refractivity contribution >= 4 is 23.7 Å². The first-order valence-corrected chi connectivity index (χ1v) is 10.6. The molecule has 0 atom stereocenters. The predicted molar refractivity (Wildman–Crippen MR) is 126 cm³/mol. The monoisotopic (exact) mass is 479 g/mol. The molecule has 0 unspecified atom stereocenters. The Morgan fingerprint density at radius 1 is 1.18 bits per heavy atom. The van der Waals surface area contributed by atoms with Gasteiger partial charge in [-0.05, 0) is 66.6 Å². The van der Waals surface area contributed by atoms with Crippen LogP contribution in [0.3, 0.4) is 0 Å². The van der Waals surface area contributed by atoms with E-state index in [1.165, 1.54) is 6.21 Å². The summed E-state index contributed by atoms with van der Waals surface area (Å²) in [4.78, 5) is 20.0. The average molecular weight is 480 g/mol. The van der Waals surface area contributed by atoms with Crippen LogP contribution in [0.2, 0.25) is 5.28 Å². The number of para-hydroxylation sites is 1. The van der Waals surface area contributed by atoms with E-state index < -0.39 is 5.82 Å². The zero-order valence-corrected chi connectivity index (χ0v) is 18.7. The number of hydrazone groups is 1. The van der Waals surface area contributed by atoms with Crippen molar-refractivity contribution in [3.63, 3.8) is 0 Å². The molecule has 0 radical (unpaired) electrons. The van der Waals surface area contributed by atoms with Crippen LogP contribution in [0.4, 0.5) is 4.39 Å². The highest BCUT2D eigenvalue weighted by Gasteiger charge is 2.14. The van der Waals surface area contributed by atoms with Gasteiger partial charge in [-0.1, -0.05) is 12.1 Å². The molecule has 0 saturated carbocycles. The van der Waals surface area contributed by atoms with Crippen molar-refractivity contribution in [2.45, 2.75) is 6.92 Å². The van der Waals surface area contributed by atoms with Crippen LogP contribution in [0, 0.1) is 5.82 Å². The number of hydrogen-bond acceptors (Lipinski definition) is 6. The number of nitrogens with zero attached hydrogens (tertiary/aromatic N) is 4. The van der Waals surface area contributed by atoms with Crippen LogP contribution in [0.15, 0.2) is 78.3 Å². The molecule has 0 aliphatic rings. The van der Waals surface area contributed by atoms with Gasteiger partial charge >= 0.3 is 0 Å². The third-order valence-electron chi connectivity index (χ3n) is 4.57. The predicted octanol–water partition coefficient (Wildman–Crippen LogP) is 5.01. The summed E-state index contributed by atoms with van der Waals surface area (Å²) in [6, 6.07) is 15.9. The van der Waals surface area contributed by atoms with Crippen molar-refractivity contribution < 1.29 is 18.7 Å². The lowest BCUT2D eigenvalue weighted by Crippen LogP contribution is -2.19. The van der Waals surface area contributed by atoms with Gasteiger partial charge in [0.2, 0.25) is 11.1 Å². The minimum atomic E-state index is -0.764. The summed E-state index contributed by atoms with van der Waals surface area (Å²) in [6.45, 7) is 2.14. The molecule has 0 bridgehead atoms.